The molecule has 0 saturated heterocycles. The fraction of sp³-hybridized carbons (Fsp3) is 0.0833. The molecule has 2 N–H and O–H groups in total. The number of anilines is 2. The number of hydrogen-bond acceptors (Lipinski definition) is 5. The average molecular weight is 324 g/mol. The van der Waals surface area contributed by atoms with Crippen molar-refractivity contribution in [1.29, 1.82) is 0 Å². The van der Waals surface area contributed by atoms with E-state index in [9.17, 15) is 4.79 Å². The van der Waals surface area contributed by atoms with E-state index in [2.05, 4.69) is 31.2 Å². The Balaban J connectivity index is 2.28. The standard InChI is InChI=1S/C12H10BrN3O3/c1-19-11-5-10(14-6-15-11)16-7-2-3-9(13)8(4-7)12(17)18/h2-6H,1H3,(H,17,18)(H,14,15,16). The van der Waals surface area contributed by atoms with Crippen molar-refractivity contribution < 1.29 is 14.6 Å². The molecular formula is C12H10BrN3O3. The summed E-state index contributed by atoms with van der Waals surface area (Å²) in [5, 5.41) is 12.0. The number of carboxylic acid groups (broad SMARTS) is 1. The summed E-state index contributed by atoms with van der Waals surface area (Å²) in [5.41, 5.74) is 0.785. The molecule has 6 nitrogen and oxygen atoms in total. The first-order valence-corrected chi connectivity index (χ1v) is 6.05. The van der Waals surface area contributed by atoms with Gasteiger partial charge in [0.25, 0.3) is 0 Å². The summed E-state index contributed by atoms with van der Waals surface area (Å²) in [6.45, 7) is 0. The Morgan fingerprint density at radius 3 is 2.84 bits per heavy atom. The number of nitrogens with zero attached hydrogens (tertiary/aromatic N) is 2. The number of benzene rings is 1. The van der Waals surface area contributed by atoms with Gasteiger partial charge in [-0.3, -0.25) is 0 Å². The van der Waals surface area contributed by atoms with Gasteiger partial charge >= 0.3 is 5.97 Å². The third-order valence-electron chi connectivity index (χ3n) is 2.32. The monoisotopic (exact) mass is 323 g/mol. The van der Waals surface area contributed by atoms with Gasteiger partial charge in [-0.2, -0.15) is 0 Å². The molecule has 19 heavy (non-hydrogen) atoms. The molecule has 2 rings (SSSR count). The normalized spacial score (nSPS) is 10.0. The van der Waals surface area contributed by atoms with Crippen LogP contribution in [0.3, 0.4) is 0 Å². The van der Waals surface area contributed by atoms with E-state index in [0.717, 1.165) is 0 Å². The number of ether oxygens (including phenoxy) is 1. The molecule has 0 amide bonds. The second-order valence-corrected chi connectivity index (χ2v) is 4.42. The first kappa shape index (κ1) is 13.3. The Bertz CT molecular complexity index is 619. The molecular weight excluding hydrogens is 314 g/mol. The third kappa shape index (κ3) is 3.19. The molecule has 0 fully saturated rings. The summed E-state index contributed by atoms with van der Waals surface area (Å²) in [4.78, 5) is 18.9. The van der Waals surface area contributed by atoms with Crippen LogP contribution in [0.4, 0.5) is 11.5 Å². The van der Waals surface area contributed by atoms with Crippen LogP contribution in [0.15, 0.2) is 35.1 Å². The lowest BCUT2D eigenvalue weighted by atomic mass is 10.2. The van der Waals surface area contributed by atoms with Crippen molar-refractivity contribution in [2.75, 3.05) is 12.4 Å². The molecule has 98 valence electrons. The number of methoxy groups -OCH3 is 1. The highest BCUT2D eigenvalue weighted by molar-refractivity contribution is 9.10. The summed E-state index contributed by atoms with van der Waals surface area (Å²) >= 11 is 3.19. The van der Waals surface area contributed by atoms with E-state index in [1.807, 2.05) is 0 Å². The molecule has 0 aliphatic carbocycles. The molecule has 1 aromatic heterocycles. The van der Waals surface area contributed by atoms with Crippen LogP contribution >= 0.6 is 15.9 Å². The quantitative estimate of drug-likeness (QED) is 0.899. The summed E-state index contributed by atoms with van der Waals surface area (Å²) in [6.07, 6.45) is 1.36. The topological polar surface area (TPSA) is 84.3 Å². The Kier molecular flexibility index (Phi) is 3.96. The number of carboxylic acids is 1. The molecule has 2 aromatic rings. The minimum absolute atomic E-state index is 0.172. The van der Waals surface area contributed by atoms with Crippen molar-refractivity contribution in [2.24, 2.45) is 0 Å². The number of halogens is 1. The van der Waals surface area contributed by atoms with Gasteiger partial charge in [-0.1, -0.05) is 0 Å². The van der Waals surface area contributed by atoms with Crippen LogP contribution in [-0.2, 0) is 0 Å². The lowest BCUT2D eigenvalue weighted by Gasteiger charge is -2.08. The lowest BCUT2D eigenvalue weighted by molar-refractivity contribution is 0.0696. The first-order chi connectivity index (χ1) is 9.10. The number of aromatic carboxylic acids is 1. The van der Waals surface area contributed by atoms with E-state index < -0.39 is 5.97 Å². The van der Waals surface area contributed by atoms with Gasteiger partial charge < -0.3 is 15.2 Å². The Morgan fingerprint density at radius 2 is 2.16 bits per heavy atom. The van der Waals surface area contributed by atoms with Crippen molar-refractivity contribution >= 4 is 33.4 Å². The molecule has 1 heterocycles. The molecule has 7 heteroatoms. The molecule has 0 bridgehead atoms. The van der Waals surface area contributed by atoms with Crippen LogP contribution in [0.2, 0.25) is 0 Å². The maximum Gasteiger partial charge on any atom is 0.336 e. The van der Waals surface area contributed by atoms with Crippen molar-refractivity contribution in [3.05, 3.63) is 40.6 Å². The summed E-state index contributed by atoms with van der Waals surface area (Å²) < 4.78 is 5.50. The van der Waals surface area contributed by atoms with Crippen LogP contribution in [0.5, 0.6) is 5.88 Å². The number of nitrogens with one attached hydrogen (secondary N) is 1. The van der Waals surface area contributed by atoms with Crippen LogP contribution in [0.1, 0.15) is 10.4 Å². The van der Waals surface area contributed by atoms with Crippen molar-refractivity contribution in [1.82, 2.24) is 9.97 Å². The highest BCUT2D eigenvalue weighted by Crippen LogP contribution is 2.23. The summed E-state index contributed by atoms with van der Waals surface area (Å²) in [5.74, 6) is -0.0608. The zero-order valence-corrected chi connectivity index (χ0v) is 11.5. The molecule has 0 spiro atoms. The smallest absolute Gasteiger partial charge is 0.336 e. The van der Waals surface area contributed by atoms with E-state index in [1.54, 1.807) is 18.2 Å². The van der Waals surface area contributed by atoms with Crippen molar-refractivity contribution in [3.8, 4) is 5.88 Å². The van der Waals surface area contributed by atoms with Gasteiger partial charge in [0.05, 0.1) is 12.7 Å². The number of aromatic nitrogens is 2. The first-order valence-electron chi connectivity index (χ1n) is 5.26. The fourth-order valence-corrected chi connectivity index (χ4v) is 1.85. The second-order valence-electron chi connectivity index (χ2n) is 3.57. The molecule has 0 radical (unpaired) electrons. The van der Waals surface area contributed by atoms with Gasteiger partial charge in [-0.25, -0.2) is 14.8 Å². The minimum atomic E-state index is -1.00. The maximum absolute atomic E-state index is 11.0. The summed E-state index contributed by atoms with van der Waals surface area (Å²) in [7, 11) is 1.51. The predicted octanol–water partition coefficient (Wildman–Crippen LogP) is 2.69. The minimum Gasteiger partial charge on any atom is -0.481 e. The molecule has 0 aliphatic heterocycles. The fourth-order valence-electron chi connectivity index (χ4n) is 1.43. The number of rotatable bonds is 4. The number of hydrogen-bond donors (Lipinski definition) is 2. The Labute approximate surface area is 117 Å². The van der Waals surface area contributed by atoms with Crippen molar-refractivity contribution in [2.45, 2.75) is 0 Å². The van der Waals surface area contributed by atoms with E-state index in [-0.39, 0.29) is 5.56 Å². The molecule has 0 unspecified atom stereocenters. The second kappa shape index (κ2) is 5.66. The highest BCUT2D eigenvalue weighted by Gasteiger charge is 2.09. The van der Waals surface area contributed by atoms with Crippen LogP contribution in [0.25, 0.3) is 0 Å². The maximum atomic E-state index is 11.0. The zero-order valence-electron chi connectivity index (χ0n) is 9.92. The zero-order chi connectivity index (χ0) is 13.8. The van der Waals surface area contributed by atoms with E-state index in [4.69, 9.17) is 9.84 Å². The number of carbonyl (C=O) groups is 1. The average Bonchev–Trinajstić information content (AvgIpc) is 2.41. The lowest BCUT2D eigenvalue weighted by Crippen LogP contribution is -2.00. The van der Waals surface area contributed by atoms with Crippen LogP contribution in [-0.4, -0.2) is 28.2 Å². The third-order valence-corrected chi connectivity index (χ3v) is 3.01. The predicted molar refractivity (Wildman–Crippen MR) is 73.0 cm³/mol. The van der Waals surface area contributed by atoms with Crippen LogP contribution < -0.4 is 10.1 Å². The van der Waals surface area contributed by atoms with Gasteiger partial charge in [0.1, 0.15) is 12.1 Å². The van der Waals surface area contributed by atoms with Crippen LogP contribution in [0, 0.1) is 0 Å². The molecule has 0 saturated carbocycles. The van der Waals surface area contributed by atoms with E-state index >= 15 is 0 Å². The SMILES string of the molecule is COc1cc(Nc2ccc(Br)c(C(=O)O)c2)ncn1. The van der Waals surface area contributed by atoms with E-state index in [1.165, 1.54) is 19.5 Å². The Morgan fingerprint density at radius 1 is 1.37 bits per heavy atom. The van der Waals surface area contributed by atoms with Gasteiger partial charge in [0.15, 0.2) is 0 Å². The molecule has 0 aliphatic rings. The van der Waals surface area contributed by atoms with Gasteiger partial charge in [0, 0.05) is 16.2 Å². The van der Waals surface area contributed by atoms with Crippen molar-refractivity contribution in [3.63, 3.8) is 0 Å². The molecule has 0 atom stereocenters. The Hall–Kier alpha value is -2.15. The van der Waals surface area contributed by atoms with E-state index in [0.29, 0.717) is 21.9 Å². The largest absolute Gasteiger partial charge is 0.481 e. The summed E-state index contributed by atoms with van der Waals surface area (Å²) in [6, 6.07) is 6.53. The molecule has 1 aromatic carbocycles. The van der Waals surface area contributed by atoms with Gasteiger partial charge in [-0.15, -0.1) is 0 Å². The highest BCUT2D eigenvalue weighted by atomic mass is 79.9. The van der Waals surface area contributed by atoms with Gasteiger partial charge in [0.2, 0.25) is 5.88 Å². The van der Waals surface area contributed by atoms with Gasteiger partial charge in [-0.05, 0) is 34.1 Å².